The molecule has 104 valence electrons. The van der Waals surface area contributed by atoms with Crippen molar-refractivity contribution in [2.75, 3.05) is 0 Å². The zero-order chi connectivity index (χ0) is 13.3. The smallest absolute Gasteiger partial charge is 0.0742 e. The average Bonchev–Trinajstić information content (AvgIpc) is 2.35. The van der Waals surface area contributed by atoms with Gasteiger partial charge in [-0.05, 0) is 45.4 Å². The highest BCUT2D eigenvalue weighted by Gasteiger charge is 2.61. The van der Waals surface area contributed by atoms with Crippen molar-refractivity contribution in [3.63, 3.8) is 0 Å². The molecule has 4 aliphatic rings. The van der Waals surface area contributed by atoms with Crippen LogP contribution in [0.4, 0.5) is 0 Å². The van der Waals surface area contributed by atoms with Crippen LogP contribution in [-0.2, 0) is 4.74 Å². The van der Waals surface area contributed by atoms with E-state index in [9.17, 15) is 10.2 Å². The monoisotopic (exact) mass is 254 g/mol. The summed E-state index contributed by atoms with van der Waals surface area (Å²) in [4.78, 5) is 0. The van der Waals surface area contributed by atoms with Gasteiger partial charge in [-0.1, -0.05) is 6.92 Å². The molecule has 2 saturated carbocycles. The first kappa shape index (κ1) is 12.9. The van der Waals surface area contributed by atoms with E-state index >= 15 is 0 Å². The predicted molar refractivity (Wildman–Crippen MR) is 69.1 cm³/mol. The molecule has 2 saturated heterocycles. The highest BCUT2D eigenvalue weighted by atomic mass is 16.5. The van der Waals surface area contributed by atoms with E-state index in [4.69, 9.17) is 4.74 Å². The van der Waals surface area contributed by atoms with Crippen LogP contribution in [0.2, 0.25) is 0 Å². The summed E-state index contributed by atoms with van der Waals surface area (Å²) in [6.07, 6.45) is 1.99. The zero-order valence-corrected chi connectivity index (χ0v) is 11.9. The van der Waals surface area contributed by atoms with Crippen LogP contribution in [0.15, 0.2) is 0 Å². The van der Waals surface area contributed by atoms with Crippen LogP contribution in [-0.4, -0.2) is 33.6 Å². The van der Waals surface area contributed by atoms with Gasteiger partial charge in [0.15, 0.2) is 0 Å². The van der Waals surface area contributed by atoms with Crippen LogP contribution in [0.1, 0.15) is 47.0 Å². The minimum Gasteiger partial charge on any atom is -0.393 e. The lowest BCUT2D eigenvalue weighted by atomic mass is 9.76. The first-order chi connectivity index (χ1) is 8.24. The fourth-order valence-corrected chi connectivity index (χ4v) is 5.26. The second kappa shape index (κ2) is 3.71. The predicted octanol–water partition coefficient (Wildman–Crippen LogP) is 1.96. The number of rotatable bonds is 0. The Bertz CT molecular complexity index is 354. The molecular formula is C15H26O3. The molecule has 3 nitrogen and oxygen atoms in total. The van der Waals surface area contributed by atoms with Crippen molar-refractivity contribution in [3.05, 3.63) is 0 Å². The maximum atomic E-state index is 10.4. The maximum absolute atomic E-state index is 10.4. The van der Waals surface area contributed by atoms with Crippen molar-refractivity contribution in [2.24, 2.45) is 23.7 Å². The van der Waals surface area contributed by atoms with Crippen molar-refractivity contribution >= 4 is 0 Å². The van der Waals surface area contributed by atoms with Gasteiger partial charge in [0, 0.05) is 18.3 Å². The lowest BCUT2D eigenvalue weighted by Crippen LogP contribution is -2.56. The number of fused-ring (bicyclic) bond motifs is 2. The Balaban J connectivity index is 2.05. The standard InChI is InChI=1S/C15H26O3/c1-8-5-11(16)13-9(8)6-10-12(17)7-15(13,4)18-14(10,2)3/h8-13,16-17H,5-7H2,1-4H3/t8-,9-,10+,11-,12+,13+,15?/m1/s1. The minimum absolute atomic E-state index is 0.189. The van der Waals surface area contributed by atoms with Crippen LogP contribution in [0.5, 0.6) is 0 Å². The van der Waals surface area contributed by atoms with E-state index in [1.807, 2.05) is 0 Å². The number of aliphatic hydroxyl groups is 2. The Kier molecular flexibility index (Phi) is 2.66. The Morgan fingerprint density at radius 1 is 1.06 bits per heavy atom. The Morgan fingerprint density at radius 2 is 1.72 bits per heavy atom. The second-order valence-electron chi connectivity index (χ2n) is 7.60. The first-order valence-electron chi connectivity index (χ1n) is 7.31. The molecule has 2 bridgehead atoms. The molecule has 0 aromatic rings. The Morgan fingerprint density at radius 3 is 2.33 bits per heavy atom. The molecule has 2 aliphatic heterocycles. The molecule has 0 aromatic carbocycles. The van der Waals surface area contributed by atoms with E-state index in [0.717, 1.165) is 12.8 Å². The molecule has 2 aliphatic carbocycles. The van der Waals surface area contributed by atoms with E-state index in [-0.39, 0.29) is 35.2 Å². The molecule has 0 amide bonds. The minimum atomic E-state index is -0.370. The molecule has 2 N–H and O–H groups in total. The van der Waals surface area contributed by atoms with Gasteiger partial charge in [0.1, 0.15) is 0 Å². The summed E-state index contributed by atoms with van der Waals surface area (Å²) in [5, 5.41) is 20.8. The molecule has 2 heterocycles. The van der Waals surface area contributed by atoms with Gasteiger partial charge in [-0.15, -0.1) is 0 Å². The summed E-state index contributed by atoms with van der Waals surface area (Å²) < 4.78 is 6.37. The van der Waals surface area contributed by atoms with Crippen LogP contribution >= 0.6 is 0 Å². The van der Waals surface area contributed by atoms with E-state index in [1.54, 1.807) is 0 Å². The topological polar surface area (TPSA) is 49.7 Å². The SMILES string of the molecule is C[C@@H]1C[C@@H](O)[C@@H]2[C@@H]1C[C@H]1[C@@H](O)CC2(C)OC1(C)C. The summed E-state index contributed by atoms with van der Waals surface area (Å²) in [5.74, 6) is 1.42. The van der Waals surface area contributed by atoms with E-state index in [1.165, 1.54) is 0 Å². The van der Waals surface area contributed by atoms with Crippen molar-refractivity contribution in [1.29, 1.82) is 0 Å². The van der Waals surface area contributed by atoms with Gasteiger partial charge in [0.25, 0.3) is 0 Å². The fraction of sp³-hybridized carbons (Fsp3) is 1.00. The van der Waals surface area contributed by atoms with Crippen molar-refractivity contribution in [2.45, 2.75) is 70.4 Å². The Hall–Kier alpha value is -0.120. The molecule has 18 heavy (non-hydrogen) atoms. The lowest BCUT2D eigenvalue weighted by Gasteiger charge is -2.50. The molecule has 0 radical (unpaired) electrons. The van der Waals surface area contributed by atoms with E-state index < -0.39 is 0 Å². The highest BCUT2D eigenvalue weighted by molar-refractivity contribution is 5.10. The normalized spacial score (nSPS) is 58.3. The summed E-state index contributed by atoms with van der Waals surface area (Å²) in [5.41, 5.74) is -0.652. The highest BCUT2D eigenvalue weighted by Crippen LogP contribution is 2.58. The molecule has 0 aromatic heterocycles. The first-order valence-corrected chi connectivity index (χ1v) is 7.31. The van der Waals surface area contributed by atoms with E-state index in [2.05, 4.69) is 27.7 Å². The molecule has 4 fully saturated rings. The third kappa shape index (κ3) is 1.60. The van der Waals surface area contributed by atoms with Crippen molar-refractivity contribution in [1.82, 2.24) is 0 Å². The third-order valence-corrected chi connectivity index (χ3v) is 5.92. The number of ether oxygens (including phenoxy) is 1. The quantitative estimate of drug-likeness (QED) is 0.695. The van der Waals surface area contributed by atoms with Crippen LogP contribution in [0, 0.1) is 23.7 Å². The molecule has 4 rings (SSSR count). The second-order valence-corrected chi connectivity index (χ2v) is 7.60. The fourth-order valence-electron chi connectivity index (χ4n) is 5.26. The van der Waals surface area contributed by atoms with Crippen molar-refractivity contribution in [3.8, 4) is 0 Å². The van der Waals surface area contributed by atoms with Crippen LogP contribution in [0.25, 0.3) is 0 Å². The summed E-state index contributed by atoms with van der Waals surface area (Å²) in [6, 6.07) is 0. The van der Waals surface area contributed by atoms with Crippen LogP contribution in [0.3, 0.4) is 0 Å². The van der Waals surface area contributed by atoms with Gasteiger partial charge >= 0.3 is 0 Å². The van der Waals surface area contributed by atoms with E-state index in [0.29, 0.717) is 18.3 Å². The summed E-state index contributed by atoms with van der Waals surface area (Å²) in [7, 11) is 0. The maximum Gasteiger partial charge on any atom is 0.0742 e. The van der Waals surface area contributed by atoms with Gasteiger partial charge in [-0.25, -0.2) is 0 Å². The number of aliphatic hydroxyl groups excluding tert-OH is 2. The van der Waals surface area contributed by atoms with Crippen molar-refractivity contribution < 1.29 is 14.9 Å². The lowest BCUT2D eigenvalue weighted by molar-refractivity contribution is -0.238. The molecule has 7 atom stereocenters. The molecule has 0 spiro atoms. The molecule has 3 heteroatoms. The molecular weight excluding hydrogens is 228 g/mol. The van der Waals surface area contributed by atoms with Gasteiger partial charge < -0.3 is 14.9 Å². The third-order valence-electron chi connectivity index (χ3n) is 5.92. The van der Waals surface area contributed by atoms with Gasteiger partial charge in [-0.3, -0.25) is 0 Å². The Labute approximate surface area is 110 Å². The zero-order valence-electron chi connectivity index (χ0n) is 11.9. The summed E-state index contributed by atoms with van der Waals surface area (Å²) in [6.45, 7) is 8.52. The number of hydrogen-bond acceptors (Lipinski definition) is 3. The average molecular weight is 254 g/mol. The van der Waals surface area contributed by atoms with Gasteiger partial charge in [-0.2, -0.15) is 0 Å². The number of hydrogen-bond donors (Lipinski definition) is 2. The van der Waals surface area contributed by atoms with Gasteiger partial charge in [0.05, 0.1) is 23.4 Å². The summed E-state index contributed by atoms with van der Waals surface area (Å²) >= 11 is 0. The van der Waals surface area contributed by atoms with Gasteiger partial charge in [0.2, 0.25) is 0 Å². The van der Waals surface area contributed by atoms with Crippen LogP contribution < -0.4 is 0 Å². The largest absolute Gasteiger partial charge is 0.393 e. The molecule has 1 unspecified atom stereocenters.